The highest BCUT2D eigenvalue weighted by molar-refractivity contribution is 6.32. The van der Waals surface area contributed by atoms with Gasteiger partial charge in [-0.2, -0.15) is 0 Å². The van der Waals surface area contributed by atoms with Crippen molar-refractivity contribution in [2.75, 3.05) is 5.32 Å². The van der Waals surface area contributed by atoms with Crippen LogP contribution in [-0.2, 0) is 4.79 Å². The molecule has 0 aliphatic heterocycles. The number of carbonyl (C=O) groups excluding carboxylic acids is 1. The Morgan fingerprint density at radius 1 is 1.67 bits per heavy atom. The average molecular weight is 185 g/mol. The van der Waals surface area contributed by atoms with Crippen molar-refractivity contribution in [2.24, 2.45) is 0 Å². The van der Waals surface area contributed by atoms with Crippen LogP contribution in [0.4, 0.5) is 5.82 Å². The molecule has 1 aromatic rings. The minimum atomic E-state index is -0.535. The maximum atomic E-state index is 11.0. The monoisotopic (exact) mass is 184 g/mol. The number of rotatable bonds is 2. The van der Waals surface area contributed by atoms with Gasteiger partial charge >= 0.3 is 0 Å². The fourth-order valence-electron chi connectivity index (χ4n) is 0.662. The van der Waals surface area contributed by atoms with Gasteiger partial charge in [-0.15, -0.1) is 11.6 Å². The number of nitrogens with one attached hydrogen (secondary N) is 1. The number of aromatic nitrogens is 1. The second-order valence-electron chi connectivity index (χ2n) is 2.32. The molecule has 0 saturated carbocycles. The van der Waals surface area contributed by atoms with Crippen molar-refractivity contribution in [2.45, 2.75) is 12.3 Å². The van der Waals surface area contributed by atoms with Gasteiger partial charge in [0, 0.05) is 6.20 Å². The van der Waals surface area contributed by atoms with Crippen LogP contribution in [0.15, 0.2) is 24.4 Å². The summed E-state index contributed by atoms with van der Waals surface area (Å²) in [5.74, 6) is 0.283. The Bertz CT molecular complexity index is 261. The summed E-state index contributed by atoms with van der Waals surface area (Å²) in [6, 6.07) is 5.28. The summed E-state index contributed by atoms with van der Waals surface area (Å²) in [5, 5.41) is 2.02. The van der Waals surface area contributed by atoms with E-state index in [1.807, 2.05) is 0 Å². The Morgan fingerprint density at radius 3 is 2.92 bits per heavy atom. The number of halogens is 1. The third kappa shape index (κ3) is 2.51. The zero-order valence-electron chi connectivity index (χ0n) is 6.62. The maximum Gasteiger partial charge on any atom is 0.243 e. The third-order valence-corrected chi connectivity index (χ3v) is 1.48. The van der Waals surface area contributed by atoms with E-state index in [2.05, 4.69) is 10.3 Å². The molecular weight excluding hydrogens is 176 g/mol. The van der Waals surface area contributed by atoms with Crippen molar-refractivity contribution in [3.8, 4) is 0 Å². The lowest BCUT2D eigenvalue weighted by Crippen LogP contribution is -2.20. The third-order valence-electron chi connectivity index (χ3n) is 1.28. The van der Waals surface area contributed by atoms with Gasteiger partial charge in [0.1, 0.15) is 11.2 Å². The van der Waals surface area contributed by atoms with E-state index in [-0.39, 0.29) is 5.91 Å². The van der Waals surface area contributed by atoms with Gasteiger partial charge in [-0.05, 0) is 19.1 Å². The molecule has 1 aromatic heterocycles. The van der Waals surface area contributed by atoms with Crippen LogP contribution in [0.2, 0.25) is 0 Å². The number of hydrogen-bond acceptors (Lipinski definition) is 2. The smallest absolute Gasteiger partial charge is 0.243 e. The van der Waals surface area contributed by atoms with Crippen LogP contribution in [0.25, 0.3) is 0 Å². The normalized spacial score (nSPS) is 12.2. The first-order valence-corrected chi connectivity index (χ1v) is 4.00. The number of carbonyl (C=O) groups is 1. The fraction of sp³-hybridized carbons (Fsp3) is 0.250. The molecule has 1 N–H and O–H groups in total. The molecule has 1 atom stereocenters. The summed E-state index contributed by atoms with van der Waals surface area (Å²) in [5.41, 5.74) is 0. The topological polar surface area (TPSA) is 42.0 Å². The van der Waals surface area contributed by atoms with Gasteiger partial charge in [-0.25, -0.2) is 4.98 Å². The Balaban J connectivity index is 2.59. The molecule has 64 valence electrons. The summed E-state index contributed by atoms with van der Waals surface area (Å²) in [6.07, 6.45) is 1.61. The summed E-state index contributed by atoms with van der Waals surface area (Å²) in [6.45, 7) is 1.61. The lowest BCUT2D eigenvalue weighted by molar-refractivity contribution is -0.115. The highest BCUT2D eigenvalue weighted by Crippen LogP contribution is 2.02. The molecule has 0 radical (unpaired) electrons. The van der Waals surface area contributed by atoms with E-state index < -0.39 is 5.38 Å². The lowest BCUT2D eigenvalue weighted by Gasteiger charge is -2.03. The number of alkyl halides is 1. The summed E-state index contributed by atoms with van der Waals surface area (Å²) >= 11 is 5.54. The van der Waals surface area contributed by atoms with E-state index in [4.69, 9.17) is 11.6 Å². The zero-order valence-corrected chi connectivity index (χ0v) is 7.38. The SMILES string of the molecule is C[C@@H](Cl)C(=O)Nc1ccccn1. The Morgan fingerprint density at radius 2 is 2.42 bits per heavy atom. The van der Waals surface area contributed by atoms with Crippen LogP contribution in [0.3, 0.4) is 0 Å². The maximum absolute atomic E-state index is 11.0. The van der Waals surface area contributed by atoms with E-state index in [1.165, 1.54) is 0 Å². The van der Waals surface area contributed by atoms with Crippen LogP contribution in [0.5, 0.6) is 0 Å². The summed E-state index contributed by atoms with van der Waals surface area (Å²) in [7, 11) is 0. The first-order valence-electron chi connectivity index (χ1n) is 3.56. The standard InChI is InChI=1S/C8H9ClN2O/c1-6(9)8(12)11-7-4-2-3-5-10-7/h2-6H,1H3,(H,10,11,12)/t6-/m1/s1. The summed E-state index contributed by atoms with van der Waals surface area (Å²) in [4.78, 5) is 14.9. The van der Waals surface area contributed by atoms with Crippen LogP contribution < -0.4 is 5.32 Å². The summed E-state index contributed by atoms with van der Waals surface area (Å²) < 4.78 is 0. The van der Waals surface area contributed by atoms with Gasteiger partial charge in [0.05, 0.1) is 0 Å². The average Bonchev–Trinajstić information content (AvgIpc) is 2.06. The molecule has 1 rings (SSSR count). The van der Waals surface area contributed by atoms with Crippen LogP contribution in [0, 0.1) is 0 Å². The van der Waals surface area contributed by atoms with Gasteiger partial charge in [0.2, 0.25) is 5.91 Å². The second kappa shape index (κ2) is 4.07. The van der Waals surface area contributed by atoms with Gasteiger partial charge in [-0.1, -0.05) is 6.07 Å². The first-order chi connectivity index (χ1) is 5.70. The Hall–Kier alpha value is -1.09. The molecule has 3 nitrogen and oxygen atoms in total. The van der Waals surface area contributed by atoms with Crippen molar-refractivity contribution in [1.29, 1.82) is 0 Å². The lowest BCUT2D eigenvalue weighted by atomic mass is 10.4. The van der Waals surface area contributed by atoms with E-state index in [0.717, 1.165) is 0 Å². The first kappa shape index (κ1) is 9.00. The van der Waals surface area contributed by atoms with Gasteiger partial charge in [0.15, 0.2) is 0 Å². The van der Waals surface area contributed by atoms with E-state index in [9.17, 15) is 4.79 Å². The Labute approximate surface area is 75.8 Å². The van der Waals surface area contributed by atoms with Crippen molar-refractivity contribution in [3.05, 3.63) is 24.4 Å². The second-order valence-corrected chi connectivity index (χ2v) is 2.97. The molecule has 0 aromatic carbocycles. The van der Waals surface area contributed by atoms with Crippen LogP contribution in [-0.4, -0.2) is 16.3 Å². The highest BCUT2D eigenvalue weighted by atomic mass is 35.5. The van der Waals surface area contributed by atoms with E-state index in [0.29, 0.717) is 5.82 Å². The Kier molecular flexibility index (Phi) is 3.05. The van der Waals surface area contributed by atoms with Crippen molar-refractivity contribution < 1.29 is 4.79 Å². The predicted octanol–water partition coefficient (Wildman–Crippen LogP) is 1.65. The minimum Gasteiger partial charge on any atom is -0.309 e. The predicted molar refractivity (Wildman–Crippen MR) is 48.2 cm³/mol. The van der Waals surface area contributed by atoms with Gasteiger partial charge < -0.3 is 5.32 Å². The molecule has 4 heteroatoms. The van der Waals surface area contributed by atoms with Crippen LogP contribution >= 0.6 is 11.6 Å². The number of anilines is 1. The van der Waals surface area contributed by atoms with Crippen molar-refractivity contribution >= 4 is 23.3 Å². The number of pyridine rings is 1. The van der Waals surface area contributed by atoms with Crippen molar-refractivity contribution in [1.82, 2.24) is 4.98 Å². The molecule has 1 amide bonds. The molecule has 12 heavy (non-hydrogen) atoms. The molecule has 0 saturated heterocycles. The van der Waals surface area contributed by atoms with Gasteiger partial charge in [-0.3, -0.25) is 4.79 Å². The van der Waals surface area contributed by atoms with Gasteiger partial charge in [0.25, 0.3) is 0 Å². The molecule has 0 aliphatic carbocycles. The fourth-order valence-corrected chi connectivity index (χ4v) is 0.717. The molecule has 1 heterocycles. The zero-order chi connectivity index (χ0) is 8.97. The number of amides is 1. The molecule has 0 bridgehead atoms. The highest BCUT2D eigenvalue weighted by Gasteiger charge is 2.08. The van der Waals surface area contributed by atoms with E-state index >= 15 is 0 Å². The van der Waals surface area contributed by atoms with E-state index in [1.54, 1.807) is 31.3 Å². The molecule has 0 unspecified atom stereocenters. The quantitative estimate of drug-likeness (QED) is 0.711. The minimum absolute atomic E-state index is 0.240. The molecule has 0 aliphatic rings. The largest absolute Gasteiger partial charge is 0.309 e. The number of nitrogens with zero attached hydrogens (tertiary/aromatic N) is 1. The molecule has 0 spiro atoms. The molecular formula is C8H9ClN2O. The van der Waals surface area contributed by atoms with Crippen LogP contribution in [0.1, 0.15) is 6.92 Å². The number of hydrogen-bond donors (Lipinski definition) is 1. The molecule has 0 fully saturated rings. The van der Waals surface area contributed by atoms with Crippen molar-refractivity contribution in [3.63, 3.8) is 0 Å².